The highest BCUT2D eigenvalue weighted by Crippen LogP contribution is 2.45. The number of nitrogen functional groups attached to an aromatic ring is 1. The van der Waals surface area contributed by atoms with Gasteiger partial charge in [-0.1, -0.05) is 18.5 Å². The number of nitrogens with zero attached hydrogens (tertiary/aromatic N) is 1. The molecular formula is C13H14ClN3O2. The van der Waals surface area contributed by atoms with E-state index in [9.17, 15) is 0 Å². The fourth-order valence-electron chi connectivity index (χ4n) is 2.32. The zero-order chi connectivity index (χ0) is 13.4. The molecular weight excluding hydrogens is 266 g/mol. The van der Waals surface area contributed by atoms with Crippen LogP contribution in [0.2, 0.25) is 5.02 Å². The number of nitrogens with two attached hydrogens (primary N) is 1. The van der Waals surface area contributed by atoms with Gasteiger partial charge in [0.25, 0.3) is 0 Å². The third-order valence-electron chi connectivity index (χ3n) is 3.18. The number of hydrogen-bond donors (Lipinski definition) is 2. The maximum Gasteiger partial charge on any atom is 0.180 e. The Hall–Kier alpha value is -1.88. The molecule has 0 amide bonds. The number of benzene rings is 1. The van der Waals surface area contributed by atoms with Crippen LogP contribution in [0.25, 0.3) is 11.1 Å². The molecule has 2 aromatic rings. The quantitative estimate of drug-likeness (QED) is 0.886. The van der Waals surface area contributed by atoms with Gasteiger partial charge in [-0.15, -0.1) is 0 Å². The van der Waals surface area contributed by atoms with Crippen molar-refractivity contribution in [1.29, 1.82) is 0 Å². The van der Waals surface area contributed by atoms with Crippen LogP contribution >= 0.6 is 11.6 Å². The average molecular weight is 280 g/mol. The third-order valence-corrected chi connectivity index (χ3v) is 3.46. The summed E-state index contributed by atoms with van der Waals surface area (Å²) in [5.74, 6) is 1.86. The van der Waals surface area contributed by atoms with Gasteiger partial charge in [0.1, 0.15) is 19.0 Å². The van der Waals surface area contributed by atoms with Crippen molar-refractivity contribution in [3.8, 4) is 22.6 Å². The van der Waals surface area contributed by atoms with Crippen molar-refractivity contribution in [3.05, 3.63) is 22.8 Å². The summed E-state index contributed by atoms with van der Waals surface area (Å²) in [6.07, 6.45) is 2.49. The Bertz CT molecular complexity index is 625. The normalized spacial score (nSPS) is 13.6. The number of nitrogens with one attached hydrogen (secondary N) is 1. The second-order valence-electron chi connectivity index (χ2n) is 4.29. The molecule has 3 N–H and O–H groups in total. The van der Waals surface area contributed by atoms with Crippen LogP contribution in [0, 0.1) is 0 Å². The van der Waals surface area contributed by atoms with E-state index in [0.717, 1.165) is 28.9 Å². The van der Waals surface area contributed by atoms with Gasteiger partial charge in [-0.3, -0.25) is 5.10 Å². The molecule has 1 aromatic heterocycles. The van der Waals surface area contributed by atoms with Crippen molar-refractivity contribution >= 4 is 17.4 Å². The highest BCUT2D eigenvalue weighted by Gasteiger charge is 2.23. The van der Waals surface area contributed by atoms with E-state index in [1.165, 1.54) is 0 Å². The fourth-order valence-corrected chi connectivity index (χ4v) is 2.57. The van der Waals surface area contributed by atoms with Gasteiger partial charge in [0.05, 0.1) is 11.2 Å². The maximum atomic E-state index is 6.27. The summed E-state index contributed by atoms with van der Waals surface area (Å²) in [4.78, 5) is 0. The molecule has 0 unspecified atom stereocenters. The first-order chi connectivity index (χ1) is 9.22. The number of anilines is 1. The fraction of sp³-hybridized carbons (Fsp3) is 0.308. The molecule has 6 heteroatoms. The lowest BCUT2D eigenvalue weighted by molar-refractivity contribution is 0.170. The Kier molecular flexibility index (Phi) is 2.98. The second kappa shape index (κ2) is 4.66. The van der Waals surface area contributed by atoms with Gasteiger partial charge in [-0.25, -0.2) is 0 Å². The van der Waals surface area contributed by atoms with Gasteiger partial charge in [0.2, 0.25) is 0 Å². The highest BCUT2D eigenvalue weighted by atomic mass is 35.5. The number of fused-ring (bicyclic) bond motifs is 1. The van der Waals surface area contributed by atoms with Crippen LogP contribution < -0.4 is 15.2 Å². The Labute approximate surface area is 115 Å². The van der Waals surface area contributed by atoms with Gasteiger partial charge < -0.3 is 15.2 Å². The predicted octanol–water partition coefficient (Wildman–Crippen LogP) is 2.65. The van der Waals surface area contributed by atoms with Crippen LogP contribution in [-0.2, 0) is 6.42 Å². The van der Waals surface area contributed by atoms with Crippen LogP contribution in [0.3, 0.4) is 0 Å². The number of H-pyrrole nitrogens is 1. The van der Waals surface area contributed by atoms with E-state index in [1.54, 1.807) is 6.20 Å². The Morgan fingerprint density at radius 3 is 2.68 bits per heavy atom. The monoisotopic (exact) mass is 279 g/mol. The van der Waals surface area contributed by atoms with Crippen LogP contribution in [0.4, 0.5) is 5.82 Å². The van der Waals surface area contributed by atoms with Crippen molar-refractivity contribution in [2.24, 2.45) is 0 Å². The lowest BCUT2D eigenvalue weighted by Crippen LogP contribution is -2.17. The van der Waals surface area contributed by atoms with Crippen molar-refractivity contribution in [3.63, 3.8) is 0 Å². The zero-order valence-corrected chi connectivity index (χ0v) is 11.3. The van der Waals surface area contributed by atoms with E-state index >= 15 is 0 Å². The third kappa shape index (κ3) is 1.90. The van der Waals surface area contributed by atoms with E-state index in [4.69, 9.17) is 26.8 Å². The number of rotatable bonds is 2. The SMILES string of the molecule is CCc1c(-c2cn[nH]c2N)cc(Cl)c2c1OCCO2. The Morgan fingerprint density at radius 2 is 2.05 bits per heavy atom. The summed E-state index contributed by atoms with van der Waals surface area (Å²) in [6, 6.07) is 1.86. The summed E-state index contributed by atoms with van der Waals surface area (Å²) in [7, 11) is 0. The van der Waals surface area contributed by atoms with E-state index in [1.807, 2.05) is 6.07 Å². The molecule has 100 valence electrons. The molecule has 0 atom stereocenters. The minimum atomic E-state index is 0.516. The Morgan fingerprint density at radius 1 is 1.32 bits per heavy atom. The predicted molar refractivity (Wildman–Crippen MR) is 73.8 cm³/mol. The summed E-state index contributed by atoms with van der Waals surface area (Å²) >= 11 is 6.27. The molecule has 0 saturated carbocycles. The molecule has 19 heavy (non-hydrogen) atoms. The van der Waals surface area contributed by atoms with Gasteiger partial charge in [0.15, 0.2) is 11.5 Å². The topological polar surface area (TPSA) is 73.2 Å². The van der Waals surface area contributed by atoms with Crippen LogP contribution in [0.1, 0.15) is 12.5 Å². The summed E-state index contributed by atoms with van der Waals surface area (Å²) in [6.45, 7) is 3.10. The molecule has 0 aliphatic carbocycles. The minimum Gasteiger partial charge on any atom is -0.486 e. The van der Waals surface area contributed by atoms with E-state index in [2.05, 4.69) is 17.1 Å². The molecule has 0 spiro atoms. The first kappa shape index (κ1) is 12.2. The molecule has 0 fully saturated rings. The summed E-state index contributed by atoms with van der Waals surface area (Å²) in [5, 5.41) is 7.21. The number of aromatic amines is 1. The number of halogens is 1. The molecule has 0 bridgehead atoms. The lowest BCUT2D eigenvalue weighted by Gasteiger charge is -2.23. The smallest absolute Gasteiger partial charge is 0.180 e. The van der Waals surface area contributed by atoms with E-state index in [0.29, 0.717) is 29.8 Å². The molecule has 3 rings (SSSR count). The molecule has 0 saturated heterocycles. The van der Waals surface area contributed by atoms with Crippen molar-refractivity contribution in [2.75, 3.05) is 18.9 Å². The summed E-state index contributed by atoms with van der Waals surface area (Å²) in [5.41, 5.74) is 8.69. The molecule has 5 nitrogen and oxygen atoms in total. The van der Waals surface area contributed by atoms with Gasteiger partial charge in [-0.05, 0) is 18.1 Å². The van der Waals surface area contributed by atoms with E-state index in [-0.39, 0.29) is 0 Å². The van der Waals surface area contributed by atoms with Gasteiger partial charge in [0, 0.05) is 11.1 Å². The average Bonchev–Trinajstić information content (AvgIpc) is 2.85. The zero-order valence-electron chi connectivity index (χ0n) is 10.5. The van der Waals surface area contributed by atoms with Crippen molar-refractivity contribution in [2.45, 2.75) is 13.3 Å². The molecule has 1 aliphatic heterocycles. The van der Waals surface area contributed by atoms with Crippen LogP contribution in [-0.4, -0.2) is 23.4 Å². The maximum absolute atomic E-state index is 6.27. The first-order valence-electron chi connectivity index (χ1n) is 6.12. The van der Waals surface area contributed by atoms with E-state index < -0.39 is 0 Å². The van der Waals surface area contributed by atoms with Crippen LogP contribution in [0.15, 0.2) is 12.3 Å². The van der Waals surface area contributed by atoms with Crippen molar-refractivity contribution in [1.82, 2.24) is 10.2 Å². The van der Waals surface area contributed by atoms with Gasteiger partial charge >= 0.3 is 0 Å². The number of hydrogen-bond acceptors (Lipinski definition) is 4. The minimum absolute atomic E-state index is 0.516. The largest absolute Gasteiger partial charge is 0.486 e. The number of aromatic nitrogens is 2. The molecule has 1 aromatic carbocycles. The standard InChI is InChI=1S/C13H14ClN3O2/c1-2-7-8(9-6-16-17-13(9)15)5-10(14)12-11(7)18-3-4-19-12/h5-6H,2-4H2,1H3,(H3,15,16,17). The Balaban J connectivity index is 2.26. The second-order valence-corrected chi connectivity index (χ2v) is 4.70. The van der Waals surface area contributed by atoms with Crippen LogP contribution in [0.5, 0.6) is 11.5 Å². The molecule has 2 heterocycles. The van der Waals surface area contributed by atoms with Crippen molar-refractivity contribution < 1.29 is 9.47 Å². The molecule has 1 aliphatic rings. The summed E-state index contributed by atoms with van der Waals surface area (Å²) < 4.78 is 11.3. The highest BCUT2D eigenvalue weighted by molar-refractivity contribution is 6.32. The number of ether oxygens (including phenoxy) is 2. The first-order valence-corrected chi connectivity index (χ1v) is 6.50. The lowest BCUT2D eigenvalue weighted by atomic mass is 9.98. The molecule has 0 radical (unpaired) electrons. The van der Waals surface area contributed by atoms with Gasteiger partial charge in [-0.2, -0.15) is 5.10 Å².